The number of fused-ring (bicyclic) bond motifs is 1. The van der Waals surface area contributed by atoms with E-state index in [0.717, 1.165) is 18.8 Å². The van der Waals surface area contributed by atoms with Gasteiger partial charge in [-0.1, -0.05) is 6.92 Å². The molecular formula is C28H36FN5O6. The van der Waals surface area contributed by atoms with E-state index < -0.39 is 29.3 Å². The maximum Gasteiger partial charge on any atom is 0.256 e. The van der Waals surface area contributed by atoms with E-state index in [-0.39, 0.29) is 35.7 Å². The summed E-state index contributed by atoms with van der Waals surface area (Å²) in [6.45, 7) is 8.49. The van der Waals surface area contributed by atoms with Gasteiger partial charge in [0.15, 0.2) is 0 Å². The van der Waals surface area contributed by atoms with E-state index in [1.54, 1.807) is 11.0 Å². The van der Waals surface area contributed by atoms with Crippen LogP contribution in [-0.4, -0.2) is 101 Å². The Balaban J connectivity index is 1.28. The number of benzene rings is 1. The number of carbonyl (C=O) groups excluding carboxylic acids is 3. The molecule has 40 heavy (non-hydrogen) atoms. The molecule has 4 heterocycles. The van der Waals surface area contributed by atoms with E-state index in [1.165, 1.54) is 26.0 Å². The molecule has 12 heteroatoms. The third-order valence-corrected chi connectivity index (χ3v) is 7.85. The maximum atomic E-state index is 14.9. The first kappa shape index (κ1) is 28.2. The van der Waals surface area contributed by atoms with Gasteiger partial charge in [0.05, 0.1) is 36.7 Å². The first-order valence-electron chi connectivity index (χ1n) is 13.6. The Morgan fingerprint density at radius 1 is 1.25 bits per heavy atom. The van der Waals surface area contributed by atoms with Crippen LogP contribution in [0.15, 0.2) is 29.5 Å². The van der Waals surface area contributed by atoms with E-state index in [9.17, 15) is 29.0 Å². The Hall–Kier alpha value is -3.32. The Morgan fingerprint density at radius 2 is 1.98 bits per heavy atom. The number of nitrogens with zero attached hydrogens (tertiary/aromatic N) is 2. The summed E-state index contributed by atoms with van der Waals surface area (Å²) in [5.41, 5.74) is 0.561. The number of halogens is 1. The van der Waals surface area contributed by atoms with E-state index in [1.807, 2.05) is 6.92 Å². The predicted molar refractivity (Wildman–Crippen MR) is 146 cm³/mol. The van der Waals surface area contributed by atoms with Crippen molar-refractivity contribution in [3.63, 3.8) is 0 Å². The number of carbonyl (C=O) groups is 3. The predicted octanol–water partition coefficient (Wildman–Crippen LogP) is 0.658. The second-order valence-corrected chi connectivity index (χ2v) is 11.3. The number of rotatable bonds is 7. The van der Waals surface area contributed by atoms with Crippen LogP contribution < -0.4 is 16.0 Å². The number of aliphatic hydroxyl groups is 2. The topological polar surface area (TPSA) is 143 Å². The van der Waals surface area contributed by atoms with Crippen molar-refractivity contribution in [3.8, 4) is 0 Å². The summed E-state index contributed by atoms with van der Waals surface area (Å²) in [6, 6.07) is 2.14. The van der Waals surface area contributed by atoms with E-state index >= 15 is 0 Å². The number of nitrogens with one attached hydrogen (secondary N) is 3. The summed E-state index contributed by atoms with van der Waals surface area (Å²) in [5.74, 6) is -2.32. The molecule has 3 unspecified atom stereocenters. The quantitative estimate of drug-likeness (QED) is 0.308. The zero-order chi connectivity index (χ0) is 28.8. The molecule has 0 aliphatic carbocycles. The number of amides is 3. The molecule has 3 amide bonds. The fourth-order valence-electron chi connectivity index (χ4n) is 5.59. The fraction of sp³-hybridized carbons (Fsp3) is 0.536. The summed E-state index contributed by atoms with van der Waals surface area (Å²) >= 11 is 0. The molecule has 1 aromatic rings. The normalized spacial score (nSPS) is 25.1. The van der Waals surface area contributed by atoms with Crippen LogP contribution in [0.1, 0.15) is 32.8 Å². The molecular weight excluding hydrogens is 521 g/mol. The van der Waals surface area contributed by atoms with Crippen molar-refractivity contribution in [3.05, 3.63) is 40.9 Å². The van der Waals surface area contributed by atoms with Crippen molar-refractivity contribution in [1.82, 2.24) is 15.1 Å². The average Bonchev–Trinajstić information content (AvgIpc) is 3.37. The highest BCUT2D eigenvalue weighted by molar-refractivity contribution is 6.32. The lowest BCUT2D eigenvalue weighted by Crippen LogP contribution is -2.47. The van der Waals surface area contributed by atoms with Crippen molar-refractivity contribution >= 4 is 34.7 Å². The molecule has 5 rings (SSSR count). The van der Waals surface area contributed by atoms with E-state index in [0.29, 0.717) is 49.5 Å². The molecule has 1 saturated heterocycles. The molecule has 0 radical (unpaired) electrons. The molecule has 216 valence electrons. The van der Waals surface area contributed by atoms with Gasteiger partial charge >= 0.3 is 0 Å². The molecule has 5 N–H and O–H groups in total. The van der Waals surface area contributed by atoms with Gasteiger partial charge in [-0.05, 0) is 32.1 Å². The van der Waals surface area contributed by atoms with Gasteiger partial charge in [0, 0.05) is 67.5 Å². The highest BCUT2D eigenvalue weighted by Crippen LogP contribution is 2.39. The molecule has 0 aromatic heterocycles. The minimum absolute atomic E-state index is 0.127. The van der Waals surface area contributed by atoms with Crippen molar-refractivity contribution in [2.75, 3.05) is 56.6 Å². The van der Waals surface area contributed by atoms with Crippen LogP contribution in [0.5, 0.6) is 0 Å². The first-order chi connectivity index (χ1) is 18.9. The molecule has 4 aliphatic heterocycles. The van der Waals surface area contributed by atoms with Crippen molar-refractivity contribution in [2.45, 2.75) is 44.9 Å². The van der Waals surface area contributed by atoms with Crippen LogP contribution in [0.25, 0.3) is 5.57 Å². The Labute approximate surface area is 232 Å². The number of hydrogen-bond donors (Lipinski definition) is 5. The Kier molecular flexibility index (Phi) is 7.71. The van der Waals surface area contributed by atoms with Crippen molar-refractivity contribution in [1.29, 1.82) is 0 Å². The van der Waals surface area contributed by atoms with Gasteiger partial charge in [-0.15, -0.1) is 0 Å². The third-order valence-electron chi connectivity index (χ3n) is 7.85. The highest BCUT2D eigenvalue weighted by atomic mass is 19.1. The standard InChI is InChI=1S/C28H36FN5O6/c1-15-21(11-18-17-10-19(29)23(12-22(17)31-25(18)36)32-27(38)28(2,3)39)30-20-4-5-34(26(37)24(15)20)14-16(35)13-33-6-8-40-9-7-33/h10-12,15-16,21,30,35,39H,4-9,13-14H2,1-3H3,(H,31,36)(H,32,38)/b18-11-. The second-order valence-electron chi connectivity index (χ2n) is 11.3. The fourth-order valence-corrected chi connectivity index (χ4v) is 5.59. The zero-order valence-electron chi connectivity index (χ0n) is 22.9. The number of anilines is 2. The number of hydrogen-bond acceptors (Lipinski definition) is 8. The van der Waals surface area contributed by atoms with Crippen LogP contribution in [0.4, 0.5) is 15.8 Å². The molecule has 0 bridgehead atoms. The number of ether oxygens (including phenoxy) is 1. The average molecular weight is 558 g/mol. The lowest BCUT2D eigenvalue weighted by Gasteiger charge is -2.33. The maximum absolute atomic E-state index is 14.9. The van der Waals surface area contributed by atoms with E-state index in [4.69, 9.17) is 4.74 Å². The van der Waals surface area contributed by atoms with Crippen LogP contribution in [0.2, 0.25) is 0 Å². The number of β-amino-alcohol motifs (C(OH)–C–C–N with tert-alkyl or cyclic N) is 1. The van der Waals surface area contributed by atoms with Gasteiger partial charge in [0.1, 0.15) is 11.4 Å². The smallest absolute Gasteiger partial charge is 0.256 e. The summed E-state index contributed by atoms with van der Waals surface area (Å²) in [4.78, 5) is 42.2. The first-order valence-corrected chi connectivity index (χ1v) is 13.6. The minimum atomic E-state index is -1.70. The zero-order valence-corrected chi connectivity index (χ0v) is 22.9. The van der Waals surface area contributed by atoms with Crippen LogP contribution in [0.3, 0.4) is 0 Å². The lowest BCUT2D eigenvalue weighted by molar-refractivity contribution is -0.131. The van der Waals surface area contributed by atoms with Crippen molar-refractivity contribution < 1.29 is 33.7 Å². The Bertz CT molecular complexity index is 1280. The minimum Gasteiger partial charge on any atom is -0.390 e. The lowest BCUT2D eigenvalue weighted by atomic mass is 9.91. The summed E-state index contributed by atoms with van der Waals surface area (Å²) < 4.78 is 20.3. The summed E-state index contributed by atoms with van der Waals surface area (Å²) in [6.07, 6.45) is 1.65. The molecule has 3 atom stereocenters. The molecule has 11 nitrogen and oxygen atoms in total. The van der Waals surface area contributed by atoms with Gasteiger partial charge < -0.3 is 35.8 Å². The molecule has 0 spiro atoms. The van der Waals surface area contributed by atoms with Gasteiger partial charge in [0.2, 0.25) is 0 Å². The Morgan fingerprint density at radius 3 is 2.67 bits per heavy atom. The second kappa shape index (κ2) is 10.9. The molecule has 1 aromatic carbocycles. The number of morpholine rings is 1. The molecule has 0 saturated carbocycles. The van der Waals surface area contributed by atoms with Crippen molar-refractivity contribution in [2.24, 2.45) is 5.92 Å². The largest absolute Gasteiger partial charge is 0.390 e. The SMILES string of the molecule is CC1C2=C(CCN(CC(O)CN3CCOCC3)C2=O)NC1/C=C1\C(=O)Nc2cc(NC(=O)C(C)(C)O)c(F)cc21. The highest BCUT2D eigenvalue weighted by Gasteiger charge is 2.40. The van der Waals surface area contributed by atoms with Crippen LogP contribution >= 0.6 is 0 Å². The summed E-state index contributed by atoms with van der Waals surface area (Å²) in [5, 5.41) is 28.9. The van der Waals surface area contributed by atoms with Gasteiger partial charge in [0.25, 0.3) is 17.7 Å². The van der Waals surface area contributed by atoms with E-state index in [2.05, 4.69) is 20.9 Å². The summed E-state index contributed by atoms with van der Waals surface area (Å²) in [7, 11) is 0. The molecule has 1 fully saturated rings. The number of aliphatic hydroxyl groups excluding tert-OH is 1. The van der Waals surface area contributed by atoms with Crippen LogP contribution in [-0.2, 0) is 19.1 Å². The van der Waals surface area contributed by atoms with Gasteiger partial charge in [-0.25, -0.2) is 4.39 Å². The third kappa shape index (κ3) is 5.62. The van der Waals surface area contributed by atoms with Gasteiger partial charge in [-0.3, -0.25) is 19.3 Å². The van der Waals surface area contributed by atoms with Gasteiger partial charge in [-0.2, -0.15) is 0 Å². The molecule has 4 aliphatic rings. The van der Waals surface area contributed by atoms with Crippen LogP contribution in [0, 0.1) is 11.7 Å². The monoisotopic (exact) mass is 557 g/mol.